The van der Waals surface area contributed by atoms with Crippen LogP contribution in [0.1, 0.15) is 39.2 Å². The minimum atomic E-state index is -4.56. The summed E-state index contributed by atoms with van der Waals surface area (Å²) in [5.74, 6) is -1.04. The molecule has 22 heavy (non-hydrogen) atoms. The second kappa shape index (κ2) is 6.20. The monoisotopic (exact) mass is 322 g/mol. The van der Waals surface area contributed by atoms with Crippen LogP contribution in [0.15, 0.2) is 16.5 Å². The number of hydrogen-bond donors (Lipinski definition) is 2. The summed E-state index contributed by atoms with van der Waals surface area (Å²) in [4.78, 5) is 11.6. The Morgan fingerprint density at radius 1 is 1.23 bits per heavy atom. The summed E-state index contributed by atoms with van der Waals surface area (Å²) in [5, 5.41) is 2.49. The molecule has 0 aliphatic heterocycles. The van der Waals surface area contributed by atoms with Crippen LogP contribution in [0.2, 0.25) is 0 Å². The first-order chi connectivity index (χ1) is 9.87. The molecule has 3 N–H and O–H groups in total. The first-order valence-electron chi connectivity index (χ1n) is 6.72. The predicted octanol–water partition coefficient (Wildman–Crippen LogP) is 3.04. The Labute approximate surface area is 127 Å². The zero-order chi connectivity index (χ0) is 17.2. The average Bonchev–Trinajstić information content (AvgIpc) is 2.83. The standard InChI is InChI=1S/C14H21F3N2O3/c1-12(2,3)22-11(20)19-8-13(4,7-18)9-5-6-10(21-9)14(15,16)17/h5-6H,7-8,18H2,1-4H3,(H,19,20). The molecule has 0 aliphatic rings. The molecule has 0 spiro atoms. The van der Waals surface area contributed by atoms with Gasteiger partial charge in [0.1, 0.15) is 11.4 Å². The Hall–Kier alpha value is -1.70. The Kier molecular flexibility index (Phi) is 5.17. The molecule has 1 unspecified atom stereocenters. The fourth-order valence-corrected chi connectivity index (χ4v) is 1.66. The second-order valence-electron chi connectivity index (χ2n) is 6.28. The topological polar surface area (TPSA) is 77.5 Å². The van der Waals surface area contributed by atoms with E-state index in [1.807, 2.05) is 0 Å². The van der Waals surface area contributed by atoms with Gasteiger partial charge in [0, 0.05) is 13.1 Å². The molecule has 0 aliphatic carbocycles. The molecule has 1 atom stereocenters. The molecule has 0 bridgehead atoms. The van der Waals surface area contributed by atoms with E-state index in [2.05, 4.69) is 5.32 Å². The third-order valence-corrected chi connectivity index (χ3v) is 2.95. The summed E-state index contributed by atoms with van der Waals surface area (Å²) in [6.07, 6.45) is -5.23. The number of amides is 1. The maximum atomic E-state index is 12.6. The average molecular weight is 322 g/mol. The number of carbonyl (C=O) groups is 1. The zero-order valence-corrected chi connectivity index (χ0v) is 13.0. The van der Waals surface area contributed by atoms with Crippen molar-refractivity contribution in [3.63, 3.8) is 0 Å². The Balaban J connectivity index is 2.80. The van der Waals surface area contributed by atoms with Crippen LogP contribution in [0, 0.1) is 0 Å². The van der Waals surface area contributed by atoms with E-state index in [1.54, 1.807) is 27.7 Å². The Bertz CT molecular complexity index is 520. The lowest BCUT2D eigenvalue weighted by molar-refractivity contribution is -0.153. The van der Waals surface area contributed by atoms with Gasteiger partial charge in [-0.05, 0) is 39.8 Å². The van der Waals surface area contributed by atoms with Crippen molar-refractivity contribution >= 4 is 6.09 Å². The van der Waals surface area contributed by atoms with Crippen LogP contribution in [0.25, 0.3) is 0 Å². The molecule has 0 fully saturated rings. The first kappa shape index (κ1) is 18.3. The quantitative estimate of drug-likeness (QED) is 0.893. The number of halogens is 3. The number of carbonyl (C=O) groups excluding carboxylic acids is 1. The van der Waals surface area contributed by atoms with Crippen LogP contribution in [-0.4, -0.2) is 24.8 Å². The minimum Gasteiger partial charge on any atom is -0.456 e. The molecular weight excluding hydrogens is 301 g/mol. The van der Waals surface area contributed by atoms with Crippen molar-refractivity contribution in [2.45, 2.75) is 44.9 Å². The molecule has 126 valence electrons. The lowest BCUT2D eigenvalue weighted by atomic mass is 9.88. The normalized spacial score (nSPS) is 15.3. The van der Waals surface area contributed by atoms with Gasteiger partial charge in [0.15, 0.2) is 0 Å². The van der Waals surface area contributed by atoms with Crippen LogP contribution in [0.3, 0.4) is 0 Å². The molecule has 1 aromatic heterocycles. The van der Waals surface area contributed by atoms with Crippen molar-refractivity contribution in [3.8, 4) is 0 Å². The smallest absolute Gasteiger partial charge is 0.449 e. The number of ether oxygens (including phenoxy) is 1. The number of hydrogen-bond acceptors (Lipinski definition) is 4. The summed E-state index contributed by atoms with van der Waals surface area (Å²) < 4.78 is 47.6. The van der Waals surface area contributed by atoms with E-state index >= 15 is 0 Å². The van der Waals surface area contributed by atoms with E-state index in [4.69, 9.17) is 14.9 Å². The molecule has 1 rings (SSSR count). The van der Waals surface area contributed by atoms with E-state index < -0.39 is 29.0 Å². The van der Waals surface area contributed by atoms with E-state index in [1.165, 1.54) is 6.07 Å². The van der Waals surface area contributed by atoms with Gasteiger partial charge in [0.2, 0.25) is 5.76 Å². The van der Waals surface area contributed by atoms with Crippen molar-refractivity contribution in [1.82, 2.24) is 5.32 Å². The van der Waals surface area contributed by atoms with Crippen molar-refractivity contribution in [1.29, 1.82) is 0 Å². The highest BCUT2D eigenvalue weighted by atomic mass is 19.4. The third kappa shape index (κ3) is 4.94. The van der Waals surface area contributed by atoms with Gasteiger partial charge >= 0.3 is 12.3 Å². The Morgan fingerprint density at radius 3 is 2.18 bits per heavy atom. The van der Waals surface area contributed by atoms with Gasteiger partial charge in [0.05, 0.1) is 5.41 Å². The molecule has 0 saturated carbocycles. The van der Waals surface area contributed by atoms with Crippen LogP contribution in [-0.2, 0) is 16.3 Å². The molecule has 0 aromatic carbocycles. The lowest BCUT2D eigenvalue weighted by Crippen LogP contribution is -2.45. The Morgan fingerprint density at radius 2 is 1.77 bits per heavy atom. The van der Waals surface area contributed by atoms with Gasteiger partial charge < -0.3 is 20.2 Å². The van der Waals surface area contributed by atoms with E-state index in [0.29, 0.717) is 0 Å². The molecule has 5 nitrogen and oxygen atoms in total. The first-order valence-corrected chi connectivity index (χ1v) is 6.72. The largest absolute Gasteiger partial charge is 0.456 e. The molecular formula is C14H21F3N2O3. The highest BCUT2D eigenvalue weighted by Crippen LogP contribution is 2.34. The maximum Gasteiger partial charge on any atom is 0.449 e. The third-order valence-electron chi connectivity index (χ3n) is 2.95. The van der Waals surface area contributed by atoms with Gasteiger partial charge in [-0.2, -0.15) is 13.2 Å². The number of nitrogens with two attached hydrogens (primary N) is 1. The van der Waals surface area contributed by atoms with E-state index in [0.717, 1.165) is 6.07 Å². The van der Waals surface area contributed by atoms with Gasteiger partial charge in [-0.15, -0.1) is 0 Å². The van der Waals surface area contributed by atoms with Crippen molar-refractivity contribution < 1.29 is 27.1 Å². The molecule has 1 amide bonds. The van der Waals surface area contributed by atoms with Crippen molar-refractivity contribution in [2.75, 3.05) is 13.1 Å². The second-order valence-corrected chi connectivity index (χ2v) is 6.28. The highest BCUT2D eigenvalue weighted by Gasteiger charge is 2.38. The fraction of sp³-hybridized carbons (Fsp3) is 0.643. The van der Waals surface area contributed by atoms with Crippen molar-refractivity contribution in [2.24, 2.45) is 5.73 Å². The molecule has 8 heteroatoms. The van der Waals surface area contributed by atoms with Crippen LogP contribution < -0.4 is 11.1 Å². The van der Waals surface area contributed by atoms with Crippen molar-refractivity contribution in [3.05, 3.63) is 23.7 Å². The van der Waals surface area contributed by atoms with E-state index in [9.17, 15) is 18.0 Å². The number of rotatable bonds is 4. The SMILES string of the molecule is CC(C)(C)OC(=O)NCC(C)(CN)c1ccc(C(F)(F)F)o1. The summed E-state index contributed by atoms with van der Waals surface area (Å²) >= 11 is 0. The minimum absolute atomic E-state index is 0.00634. The van der Waals surface area contributed by atoms with Crippen LogP contribution in [0.5, 0.6) is 0 Å². The van der Waals surface area contributed by atoms with Gasteiger partial charge in [-0.25, -0.2) is 4.79 Å². The molecule has 1 aromatic rings. The fourth-order valence-electron chi connectivity index (χ4n) is 1.66. The van der Waals surface area contributed by atoms with Gasteiger partial charge in [-0.1, -0.05) is 0 Å². The maximum absolute atomic E-state index is 12.6. The van der Waals surface area contributed by atoms with Gasteiger partial charge in [0.25, 0.3) is 0 Å². The summed E-state index contributed by atoms with van der Waals surface area (Å²) in [6, 6.07) is 2.06. The number of alkyl carbamates (subject to hydrolysis) is 1. The zero-order valence-electron chi connectivity index (χ0n) is 13.0. The van der Waals surface area contributed by atoms with Gasteiger partial charge in [-0.3, -0.25) is 0 Å². The molecule has 1 heterocycles. The predicted molar refractivity (Wildman–Crippen MR) is 74.4 cm³/mol. The van der Waals surface area contributed by atoms with Crippen LogP contribution >= 0.6 is 0 Å². The number of furan rings is 1. The summed E-state index contributed by atoms with van der Waals surface area (Å²) in [7, 11) is 0. The highest BCUT2D eigenvalue weighted by molar-refractivity contribution is 5.67. The molecule has 0 saturated heterocycles. The van der Waals surface area contributed by atoms with Crippen LogP contribution in [0.4, 0.5) is 18.0 Å². The number of nitrogens with one attached hydrogen (secondary N) is 1. The number of alkyl halides is 3. The van der Waals surface area contributed by atoms with E-state index in [-0.39, 0.29) is 18.8 Å². The lowest BCUT2D eigenvalue weighted by Gasteiger charge is -2.27. The summed E-state index contributed by atoms with van der Waals surface area (Å²) in [5.41, 5.74) is 4.00. The molecule has 0 radical (unpaired) electrons. The summed E-state index contributed by atoms with van der Waals surface area (Å²) in [6.45, 7) is 6.70.